The van der Waals surface area contributed by atoms with Crippen LogP contribution in [0.4, 0.5) is 0 Å². The Bertz CT molecular complexity index is 225. The van der Waals surface area contributed by atoms with Crippen molar-refractivity contribution in [3.8, 4) is 0 Å². The molecule has 0 aliphatic heterocycles. The highest BCUT2D eigenvalue weighted by atomic mass is 79.9. The van der Waals surface area contributed by atoms with Gasteiger partial charge in [-0.2, -0.15) is 0 Å². The molecule has 17 heavy (non-hydrogen) atoms. The maximum atomic E-state index is 11.8. The Morgan fingerprint density at radius 2 is 1.59 bits per heavy atom. The zero-order chi connectivity index (χ0) is 13.5. The molecular weight excluding hydrogens is 288 g/mol. The molecule has 0 aromatic heterocycles. The van der Waals surface area contributed by atoms with Crippen LogP contribution in [0.3, 0.4) is 0 Å². The highest BCUT2D eigenvalue weighted by molar-refractivity contribution is 9.09. The zero-order valence-corrected chi connectivity index (χ0v) is 12.9. The number of carbonyl (C=O) groups is 1. The van der Waals surface area contributed by atoms with E-state index in [-0.39, 0.29) is 10.8 Å². The van der Waals surface area contributed by atoms with E-state index >= 15 is 0 Å². The zero-order valence-electron chi connectivity index (χ0n) is 11.3. The molecular formula is C12H23BrO4. The molecule has 0 N–H and O–H groups in total. The summed E-state index contributed by atoms with van der Waals surface area (Å²) in [6.45, 7) is 10.5. The van der Waals surface area contributed by atoms with Crippen LogP contribution in [0.2, 0.25) is 0 Å². The molecule has 0 fully saturated rings. The van der Waals surface area contributed by atoms with E-state index in [0.717, 1.165) is 0 Å². The average molecular weight is 311 g/mol. The van der Waals surface area contributed by atoms with Gasteiger partial charge >= 0.3 is 5.97 Å². The van der Waals surface area contributed by atoms with Crippen LogP contribution in [-0.2, 0) is 19.0 Å². The molecule has 0 spiro atoms. The van der Waals surface area contributed by atoms with Gasteiger partial charge in [-0.25, -0.2) is 0 Å². The van der Waals surface area contributed by atoms with Crippen molar-refractivity contribution < 1.29 is 19.0 Å². The lowest BCUT2D eigenvalue weighted by molar-refractivity contribution is -0.258. The maximum absolute atomic E-state index is 11.8. The first kappa shape index (κ1) is 16.9. The third kappa shape index (κ3) is 4.23. The van der Waals surface area contributed by atoms with Crippen molar-refractivity contribution >= 4 is 21.9 Å². The fraction of sp³-hybridized carbons (Fsp3) is 0.917. The van der Waals surface area contributed by atoms with Gasteiger partial charge in [-0.05, 0) is 34.6 Å². The summed E-state index contributed by atoms with van der Waals surface area (Å²) >= 11 is 3.46. The number of carbonyl (C=O) groups excluding carboxylic acids is 1. The summed E-state index contributed by atoms with van der Waals surface area (Å²) < 4.78 is 16.4. The minimum atomic E-state index is -0.976. The largest absolute Gasteiger partial charge is 0.466 e. The second-order valence-corrected chi connectivity index (χ2v) is 5.05. The summed E-state index contributed by atoms with van der Waals surface area (Å²) in [6.07, 6.45) is 0. The van der Waals surface area contributed by atoms with Crippen molar-refractivity contribution in [1.29, 1.82) is 0 Å². The highest BCUT2D eigenvalue weighted by Crippen LogP contribution is 2.33. The number of hydrogen-bond acceptors (Lipinski definition) is 4. The molecule has 0 heterocycles. The van der Waals surface area contributed by atoms with Crippen molar-refractivity contribution in [2.75, 3.05) is 19.8 Å². The Hall–Kier alpha value is -0.130. The molecule has 0 aliphatic rings. The lowest BCUT2D eigenvalue weighted by atomic mass is 9.97. The van der Waals surface area contributed by atoms with Crippen LogP contribution in [0.25, 0.3) is 0 Å². The van der Waals surface area contributed by atoms with E-state index in [1.807, 2.05) is 20.8 Å². The maximum Gasteiger partial charge on any atom is 0.314 e. The predicted octanol–water partition coefficient (Wildman–Crippen LogP) is 2.74. The third-order valence-electron chi connectivity index (χ3n) is 2.54. The Kier molecular flexibility index (Phi) is 8.00. The standard InChI is InChI=1S/C12H23BrO4/c1-6-15-11(14)9(4)12(10(5)13,16-7-2)17-8-3/h9-10H,6-8H2,1-5H3. The summed E-state index contributed by atoms with van der Waals surface area (Å²) in [5, 5.41) is 0. The van der Waals surface area contributed by atoms with Gasteiger partial charge in [0, 0.05) is 13.2 Å². The molecule has 0 aromatic rings. The number of alkyl halides is 1. The number of ether oxygens (including phenoxy) is 3. The summed E-state index contributed by atoms with van der Waals surface area (Å²) in [5.74, 6) is -1.77. The van der Waals surface area contributed by atoms with Gasteiger partial charge in [0.1, 0.15) is 5.92 Å². The second kappa shape index (κ2) is 8.06. The molecule has 0 rings (SSSR count). The smallest absolute Gasteiger partial charge is 0.314 e. The first-order valence-corrected chi connectivity index (χ1v) is 6.96. The Morgan fingerprint density at radius 1 is 1.12 bits per heavy atom. The van der Waals surface area contributed by atoms with E-state index in [4.69, 9.17) is 14.2 Å². The molecule has 0 amide bonds. The van der Waals surface area contributed by atoms with Gasteiger partial charge in [0.15, 0.2) is 5.79 Å². The molecule has 0 saturated carbocycles. The highest BCUT2D eigenvalue weighted by Gasteiger charge is 2.46. The number of halogens is 1. The topological polar surface area (TPSA) is 44.8 Å². The Labute approximate surface area is 112 Å². The van der Waals surface area contributed by atoms with E-state index in [1.54, 1.807) is 13.8 Å². The number of hydrogen-bond donors (Lipinski definition) is 0. The van der Waals surface area contributed by atoms with E-state index < -0.39 is 11.7 Å². The molecule has 2 atom stereocenters. The summed E-state index contributed by atoms with van der Waals surface area (Å²) in [6, 6.07) is 0. The second-order valence-electron chi connectivity index (χ2n) is 3.68. The molecule has 0 saturated heterocycles. The molecule has 2 unspecified atom stereocenters. The minimum absolute atomic E-state index is 0.116. The van der Waals surface area contributed by atoms with Crippen LogP contribution >= 0.6 is 15.9 Å². The van der Waals surface area contributed by atoms with Crippen molar-refractivity contribution in [3.63, 3.8) is 0 Å². The van der Waals surface area contributed by atoms with Gasteiger partial charge < -0.3 is 14.2 Å². The number of esters is 1. The van der Waals surface area contributed by atoms with Crippen LogP contribution in [-0.4, -0.2) is 36.4 Å². The summed E-state index contributed by atoms with van der Waals surface area (Å²) in [5.41, 5.74) is 0. The first-order valence-electron chi connectivity index (χ1n) is 6.04. The first-order chi connectivity index (χ1) is 7.96. The van der Waals surface area contributed by atoms with E-state index in [0.29, 0.717) is 19.8 Å². The normalized spacial score (nSPS) is 15.4. The molecule has 5 heteroatoms. The molecule has 0 aliphatic carbocycles. The van der Waals surface area contributed by atoms with Gasteiger partial charge in [0.2, 0.25) is 0 Å². The van der Waals surface area contributed by atoms with Crippen LogP contribution in [0.1, 0.15) is 34.6 Å². The van der Waals surface area contributed by atoms with E-state index in [9.17, 15) is 4.79 Å². The quantitative estimate of drug-likeness (QED) is 0.393. The number of rotatable bonds is 8. The third-order valence-corrected chi connectivity index (χ3v) is 3.18. The predicted molar refractivity (Wildman–Crippen MR) is 70.2 cm³/mol. The fourth-order valence-corrected chi connectivity index (χ4v) is 2.41. The molecule has 0 aromatic carbocycles. The minimum Gasteiger partial charge on any atom is -0.466 e. The lowest BCUT2D eigenvalue weighted by Crippen LogP contribution is -2.52. The SMILES string of the molecule is CCOC(=O)C(C)C(OCC)(OCC)C(C)Br. The van der Waals surface area contributed by atoms with E-state index in [1.165, 1.54) is 0 Å². The Balaban J connectivity index is 5.04. The molecule has 4 nitrogen and oxygen atoms in total. The lowest BCUT2D eigenvalue weighted by Gasteiger charge is -2.39. The van der Waals surface area contributed by atoms with Gasteiger partial charge in [0.05, 0.1) is 11.4 Å². The van der Waals surface area contributed by atoms with Gasteiger partial charge in [0.25, 0.3) is 0 Å². The van der Waals surface area contributed by atoms with Crippen molar-refractivity contribution in [2.45, 2.75) is 45.2 Å². The summed E-state index contributed by atoms with van der Waals surface area (Å²) in [7, 11) is 0. The molecule has 102 valence electrons. The van der Waals surface area contributed by atoms with Gasteiger partial charge in [-0.3, -0.25) is 4.79 Å². The van der Waals surface area contributed by atoms with Crippen LogP contribution in [0.5, 0.6) is 0 Å². The van der Waals surface area contributed by atoms with Gasteiger partial charge in [-0.15, -0.1) is 0 Å². The fourth-order valence-electron chi connectivity index (χ4n) is 1.75. The van der Waals surface area contributed by atoms with Crippen molar-refractivity contribution in [1.82, 2.24) is 0 Å². The molecule has 0 bridgehead atoms. The Morgan fingerprint density at radius 3 is 1.88 bits per heavy atom. The van der Waals surface area contributed by atoms with E-state index in [2.05, 4.69) is 15.9 Å². The van der Waals surface area contributed by atoms with Gasteiger partial charge in [-0.1, -0.05) is 15.9 Å². The monoisotopic (exact) mass is 310 g/mol. The summed E-state index contributed by atoms with van der Waals surface area (Å²) in [4.78, 5) is 11.7. The van der Waals surface area contributed by atoms with Crippen molar-refractivity contribution in [2.24, 2.45) is 5.92 Å². The van der Waals surface area contributed by atoms with Crippen LogP contribution < -0.4 is 0 Å². The average Bonchev–Trinajstić information content (AvgIpc) is 2.27. The van der Waals surface area contributed by atoms with Crippen molar-refractivity contribution in [3.05, 3.63) is 0 Å². The van der Waals surface area contributed by atoms with Crippen LogP contribution in [0.15, 0.2) is 0 Å². The van der Waals surface area contributed by atoms with Crippen LogP contribution in [0, 0.1) is 5.92 Å². The molecule has 0 radical (unpaired) electrons.